The molecule has 2 heterocycles. The number of hydrogen-bond donors (Lipinski definition) is 0. The highest BCUT2D eigenvalue weighted by atomic mass is 32.1. The van der Waals surface area contributed by atoms with Crippen LogP contribution in [0.3, 0.4) is 0 Å². The van der Waals surface area contributed by atoms with Gasteiger partial charge in [0.1, 0.15) is 12.2 Å². The molecule has 2 rings (SSSR count). The van der Waals surface area contributed by atoms with Crippen LogP contribution in [0.2, 0.25) is 0 Å². The van der Waals surface area contributed by atoms with Crippen molar-refractivity contribution in [2.45, 2.75) is 130 Å². The number of hydrogen-bond acceptors (Lipinski definition) is 7. The molecule has 1 aliphatic heterocycles. The third-order valence-corrected chi connectivity index (χ3v) is 8.19. The van der Waals surface area contributed by atoms with Crippen LogP contribution in [0.4, 0.5) is 4.79 Å². The fourth-order valence-electron chi connectivity index (χ4n) is 4.94. The van der Waals surface area contributed by atoms with Crippen molar-refractivity contribution < 1.29 is 23.5 Å². The average Bonchev–Trinajstić information content (AvgIpc) is 3.38. The average molecular weight is 553 g/mol. The third kappa shape index (κ3) is 12.5. The van der Waals surface area contributed by atoms with Gasteiger partial charge in [0.15, 0.2) is 0 Å². The van der Waals surface area contributed by atoms with Gasteiger partial charge in [-0.05, 0) is 12.8 Å². The predicted molar refractivity (Wildman–Crippen MR) is 156 cm³/mol. The molecule has 0 aliphatic carbocycles. The first-order valence-electron chi connectivity index (χ1n) is 15.3. The SMILES string of the molecule is CCCCCCCCCCCCCOC(=O)O[C@H](C)[N+]1(C)CCC=C(c2nsnc2OCCCCCC)C1. The first kappa shape index (κ1) is 32.5. The number of quaternary nitrogens is 1. The lowest BCUT2D eigenvalue weighted by molar-refractivity contribution is -0.944. The lowest BCUT2D eigenvalue weighted by atomic mass is 10.0. The van der Waals surface area contributed by atoms with E-state index in [-0.39, 0.29) is 6.23 Å². The molecule has 0 radical (unpaired) electrons. The van der Waals surface area contributed by atoms with Gasteiger partial charge in [0.05, 0.1) is 38.5 Å². The molecule has 0 amide bonds. The fraction of sp³-hybridized carbons (Fsp3) is 0.833. The molecule has 0 fully saturated rings. The molecule has 7 nitrogen and oxygen atoms in total. The van der Waals surface area contributed by atoms with E-state index in [0.29, 0.717) is 30.1 Å². The maximum Gasteiger partial charge on any atom is 0.512 e. The van der Waals surface area contributed by atoms with Crippen molar-refractivity contribution in [2.24, 2.45) is 0 Å². The minimum Gasteiger partial charge on any atom is -0.475 e. The highest BCUT2D eigenvalue weighted by molar-refractivity contribution is 6.99. The maximum absolute atomic E-state index is 12.4. The molecule has 8 heteroatoms. The number of rotatable bonds is 21. The molecular weight excluding hydrogens is 498 g/mol. The molecule has 38 heavy (non-hydrogen) atoms. The molecule has 0 aromatic carbocycles. The molecular formula is C30H54N3O4S+. The van der Waals surface area contributed by atoms with Crippen LogP contribution in [0.1, 0.15) is 129 Å². The summed E-state index contributed by atoms with van der Waals surface area (Å²) in [5.74, 6) is 0.631. The van der Waals surface area contributed by atoms with Crippen molar-refractivity contribution in [2.75, 3.05) is 33.4 Å². The first-order valence-corrected chi connectivity index (χ1v) is 16.1. The Bertz CT molecular complexity index is 800. The van der Waals surface area contributed by atoms with Gasteiger partial charge in [-0.3, -0.25) is 4.48 Å². The summed E-state index contributed by atoms with van der Waals surface area (Å²) in [6, 6.07) is 0. The minimum absolute atomic E-state index is 0.312. The molecule has 1 aromatic heterocycles. The molecule has 0 N–H and O–H groups in total. The molecule has 1 aliphatic rings. The second-order valence-corrected chi connectivity index (χ2v) is 11.6. The Hall–Kier alpha value is -1.67. The molecule has 2 atom stereocenters. The maximum atomic E-state index is 12.4. The third-order valence-electron chi connectivity index (χ3n) is 7.67. The van der Waals surface area contributed by atoms with Crippen LogP contribution in [-0.4, -0.2) is 59.0 Å². The molecule has 0 spiro atoms. The monoisotopic (exact) mass is 552 g/mol. The lowest BCUT2D eigenvalue weighted by Crippen LogP contribution is -2.55. The van der Waals surface area contributed by atoms with Gasteiger partial charge in [0, 0.05) is 18.9 Å². The van der Waals surface area contributed by atoms with E-state index in [0.717, 1.165) is 43.5 Å². The van der Waals surface area contributed by atoms with Crippen molar-refractivity contribution in [1.82, 2.24) is 8.75 Å². The van der Waals surface area contributed by atoms with Crippen molar-refractivity contribution in [3.05, 3.63) is 11.8 Å². The second-order valence-electron chi connectivity index (χ2n) is 11.1. The molecule has 0 bridgehead atoms. The van der Waals surface area contributed by atoms with E-state index in [1.54, 1.807) is 0 Å². The number of carbonyl (C=O) groups excluding carboxylic acids is 1. The van der Waals surface area contributed by atoms with Gasteiger partial charge in [0.2, 0.25) is 6.23 Å². The lowest BCUT2D eigenvalue weighted by Gasteiger charge is -2.41. The zero-order valence-corrected chi connectivity index (χ0v) is 25.5. The summed E-state index contributed by atoms with van der Waals surface area (Å²) in [6.45, 7) is 9.13. The van der Waals surface area contributed by atoms with Gasteiger partial charge in [0.25, 0.3) is 5.88 Å². The van der Waals surface area contributed by atoms with Crippen LogP contribution in [0.15, 0.2) is 6.08 Å². The number of carbonyl (C=O) groups is 1. The highest BCUT2D eigenvalue weighted by Crippen LogP contribution is 2.31. The van der Waals surface area contributed by atoms with Crippen LogP contribution in [0, 0.1) is 0 Å². The molecule has 0 saturated heterocycles. The Balaban J connectivity index is 1.64. The summed E-state index contributed by atoms with van der Waals surface area (Å²) >= 11 is 1.19. The Kier molecular flexibility index (Phi) is 16.6. The van der Waals surface area contributed by atoms with Gasteiger partial charge in [-0.1, -0.05) is 103 Å². The Morgan fingerprint density at radius 2 is 1.47 bits per heavy atom. The Morgan fingerprint density at radius 1 is 0.895 bits per heavy atom. The van der Waals surface area contributed by atoms with Crippen LogP contribution >= 0.6 is 11.7 Å². The molecule has 1 aromatic rings. The number of nitrogens with zero attached hydrogens (tertiary/aromatic N) is 3. The fourth-order valence-corrected chi connectivity index (χ4v) is 5.47. The van der Waals surface area contributed by atoms with Gasteiger partial charge >= 0.3 is 6.16 Å². The van der Waals surface area contributed by atoms with Gasteiger partial charge < -0.3 is 14.2 Å². The van der Waals surface area contributed by atoms with E-state index in [9.17, 15) is 4.79 Å². The number of ether oxygens (including phenoxy) is 3. The van der Waals surface area contributed by atoms with Crippen LogP contribution < -0.4 is 4.74 Å². The number of likely N-dealkylation sites (N-methyl/N-ethyl adjacent to an activating group) is 1. The second kappa shape index (κ2) is 19.4. The first-order chi connectivity index (χ1) is 18.5. The number of aromatic nitrogens is 2. The summed E-state index contributed by atoms with van der Waals surface area (Å²) < 4.78 is 26.6. The van der Waals surface area contributed by atoms with Crippen LogP contribution in [0.25, 0.3) is 5.57 Å². The van der Waals surface area contributed by atoms with E-state index < -0.39 is 6.16 Å². The normalized spacial score (nSPS) is 18.2. The van der Waals surface area contributed by atoms with E-state index in [1.807, 2.05) is 6.92 Å². The summed E-state index contributed by atoms with van der Waals surface area (Å²) in [5, 5.41) is 0. The Labute approximate surface area is 236 Å². The van der Waals surface area contributed by atoms with Gasteiger partial charge in [-0.25, -0.2) is 4.79 Å². The zero-order valence-electron chi connectivity index (χ0n) is 24.7. The van der Waals surface area contributed by atoms with Crippen LogP contribution in [-0.2, 0) is 9.47 Å². The largest absolute Gasteiger partial charge is 0.512 e. The van der Waals surface area contributed by atoms with Crippen molar-refractivity contribution in [3.8, 4) is 5.88 Å². The van der Waals surface area contributed by atoms with Crippen LogP contribution in [0.5, 0.6) is 5.88 Å². The van der Waals surface area contributed by atoms with E-state index in [4.69, 9.17) is 14.2 Å². The topological polar surface area (TPSA) is 70.5 Å². The quantitative estimate of drug-likeness (QED) is 0.0864. The Morgan fingerprint density at radius 3 is 2.13 bits per heavy atom. The standard InChI is InChI=1S/C30H54N3O4S/c1-5-7-9-11-12-13-14-15-16-17-19-24-36-30(34)37-26(3)33(4)22-20-21-27(25-33)28-29(32-38-31-28)35-23-18-10-8-6-2/h21,26H,5-20,22-25H2,1-4H3/q+1/t26-,33?/m1/s1. The predicted octanol–water partition coefficient (Wildman–Crippen LogP) is 8.54. The van der Waals surface area contributed by atoms with Gasteiger partial charge in [-0.15, -0.1) is 4.37 Å². The smallest absolute Gasteiger partial charge is 0.475 e. The minimum atomic E-state index is -0.563. The summed E-state index contributed by atoms with van der Waals surface area (Å²) in [7, 11) is 2.12. The van der Waals surface area contributed by atoms with E-state index >= 15 is 0 Å². The zero-order chi connectivity index (χ0) is 27.5. The molecule has 218 valence electrons. The molecule has 1 unspecified atom stereocenters. The van der Waals surface area contributed by atoms with Crippen molar-refractivity contribution in [1.29, 1.82) is 0 Å². The number of unbranched alkanes of at least 4 members (excludes halogenated alkanes) is 13. The summed E-state index contributed by atoms with van der Waals surface area (Å²) in [6.07, 6.45) is 20.9. The van der Waals surface area contributed by atoms with Crippen molar-refractivity contribution >= 4 is 23.5 Å². The summed E-state index contributed by atoms with van der Waals surface area (Å²) in [5.41, 5.74) is 1.95. The molecule has 0 saturated carbocycles. The highest BCUT2D eigenvalue weighted by Gasteiger charge is 2.37. The van der Waals surface area contributed by atoms with E-state index in [2.05, 4.69) is 35.7 Å². The summed E-state index contributed by atoms with van der Waals surface area (Å²) in [4.78, 5) is 12.4. The van der Waals surface area contributed by atoms with E-state index in [1.165, 1.54) is 88.8 Å². The van der Waals surface area contributed by atoms with Crippen molar-refractivity contribution in [3.63, 3.8) is 0 Å². The van der Waals surface area contributed by atoms with Gasteiger partial charge in [-0.2, -0.15) is 4.37 Å².